The van der Waals surface area contributed by atoms with Crippen LogP contribution in [0.4, 0.5) is 5.69 Å². The fourth-order valence-corrected chi connectivity index (χ4v) is 7.15. The van der Waals surface area contributed by atoms with E-state index in [0.717, 1.165) is 24.2 Å². The molecule has 3 heterocycles. The van der Waals surface area contributed by atoms with Crippen LogP contribution in [-0.2, 0) is 19.6 Å². The van der Waals surface area contributed by atoms with Crippen molar-refractivity contribution in [2.24, 2.45) is 11.8 Å². The van der Waals surface area contributed by atoms with Crippen LogP contribution in [0.5, 0.6) is 0 Å². The van der Waals surface area contributed by atoms with Gasteiger partial charge >= 0.3 is 0 Å². The molecule has 0 aliphatic carbocycles. The van der Waals surface area contributed by atoms with Gasteiger partial charge in [0, 0.05) is 31.1 Å². The molecule has 2 saturated heterocycles. The minimum atomic E-state index is -3.59. The first-order valence-electron chi connectivity index (χ1n) is 10.6. The molecule has 0 bridgehead atoms. The number of carbonyl (C=O) groups is 2. The summed E-state index contributed by atoms with van der Waals surface area (Å²) in [6, 6.07) is 4.95. The molecule has 30 heavy (non-hydrogen) atoms. The number of rotatable bonds is 4. The normalized spacial score (nSPS) is 25.5. The van der Waals surface area contributed by atoms with Crippen molar-refractivity contribution in [1.29, 1.82) is 0 Å². The first kappa shape index (κ1) is 21.6. The summed E-state index contributed by atoms with van der Waals surface area (Å²) in [4.78, 5) is 30.0. The molecule has 2 unspecified atom stereocenters. The average Bonchev–Trinajstić information content (AvgIpc) is 3.24. The molecule has 2 fully saturated rings. The number of anilines is 1. The van der Waals surface area contributed by atoms with Gasteiger partial charge in [0.2, 0.25) is 21.8 Å². The Bertz CT molecular complexity index is 934. The van der Waals surface area contributed by atoms with Crippen molar-refractivity contribution < 1.29 is 18.0 Å². The highest BCUT2D eigenvalue weighted by Gasteiger charge is 2.33. The van der Waals surface area contributed by atoms with Gasteiger partial charge in [-0.1, -0.05) is 13.8 Å². The third kappa shape index (κ3) is 4.24. The molecule has 0 N–H and O–H groups in total. The van der Waals surface area contributed by atoms with Gasteiger partial charge in [-0.15, -0.1) is 11.8 Å². The van der Waals surface area contributed by atoms with E-state index in [-0.39, 0.29) is 29.0 Å². The Morgan fingerprint density at radius 3 is 2.47 bits per heavy atom. The predicted molar refractivity (Wildman–Crippen MR) is 117 cm³/mol. The summed E-state index contributed by atoms with van der Waals surface area (Å²) in [5, 5.41) is 0. The fraction of sp³-hybridized carbons (Fsp3) is 0.619. The Kier molecular flexibility index (Phi) is 6.14. The third-order valence-corrected chi connectivity index (χ3v) is 9.03. The molecule has 1 aromatic rings. The predicted octanol–water partition coefficient (Wildman–Crippen LogP) is 2.41. The maximum Gasteiger partial charge on any atom is 0.243 e. The van der Waals surface area contributed by atoms with Crippen molar-refractivity contribution in [3.05, 3.63) is 18.2 Å². The molecule has 0 saturated carbocycles. The van der Waals surface area contributed by atoms with Crippen molar-refractivity contribution in [1.82, 2.24) is 9.21 Å². The highest BCUT2D eigenvalue weighted by atomic mass is 32.2. The largest absolute Gasteiger partial charge is 0.341 e. The van der Waals surface area contributed by atoms with Gasteiger partial charge in [0.15, 0.2) is 0 Å². The van der Waals surface area contributed by atoms with Crippen LogP contribution in [0.25, 0.3) is 0 Å². The van der Waals surface area contributed by atoms with E-state index in [4.69, 9.17) is 0 Å². The molecule has 164 valence electrons. The summed E-state index contributed by atoms with van der Waals surface area (Å²) >= 11 is 1.39. The van der Waals surface area contributed by atoms with Gasteiger partial charge in [-0.25, -0.2) is 8.42 Å². The van der Waals surface area contributed by atoms with Crippen LogP contribution < -0.4 is 4.90 Å². The first-order valence-corrected chi connectivity index (χ1v) is 13.0. The number of carbonyl (C=O) groups excluding carboxylic acids is 2. The quantitative estimate of drug-likeness (QED) is 0.703. The van der Waals surface area contributed by atoms with E-state index in [1.165, 1.54) is 21.0 Å². The molecular formula is C21H29N3O4S2. The summed E-state index contributed by atoms with van der Waals surface area (Å²) in [5.74, 6) is 0.900. The Hall–Kier alpha value is -1.58. The van der Waals surface area contributed by atoms with E-state index in [1.54, 1.807) is 18.2 Å². The lowest BCUT2D eigenvalue weighted by atomic mass is 9.92. The standard InChI is InChI=1S/C21H29N3O4S2/c1-15-9-16(2)12-22(11-15)20(25)13-24-18-10-17(5-6-19(18)29-14-21(24)26)30(27,28)23-7-3-4-8-23/h5-6,10,15-16H,3-4,7-9,11-14H2,1-2H3. The summed E-state index contributed by atoms with van der Waals surface area (Å²) in [6.07, 6.45) is 2.83. The third-order valence-electron chi connectivity index (χ3n) is 6.09. The van der Waals surface area contributed by atoms with Crippen LogP contribution in [0.15, 0.2) is 28.0 Å². The van der Waals surface area contributed by atoms with E-state index >= 15 is 0 Å². The number of amides is 2. The second kappa shape index (κ2) is 8.51. The number of piperidine rings is 1. The minimum absolute atomic E-state index is 0.0426. The molecule has 3 aliphatic rings. The Labute approximate surface area is 182 Å². The summed E-state index contributed by atoms with van der Waals surface area (Å²) in [7, 11) is -3.59. The molecule has 0 radical (unpaired) electrons. The van der Waals surface area contributed by atoms with Crippen LogP contribution in [0.1, 0.15) is 33.1 Å². The summed E-state index contributed by atoms with van der Waals surface area (Å²) in [6.45, 7) is 6.71. The molecule has 3 aliphatic heterocycles. The van der Waals surface area contributed by atoms with Crippen LogP contribution in [-0.4, -0.2) is 67.9 Å². The van der Waals surface area contributed by atoms with Gasteiger partial charge in [-0.2, -0.15) is 4.31 Å². The molecule has 2 amide bonds. The molecule has 0 spiro atoms. The number of nitrogens with zero attached hydrogens (tertiary/aromatic N) is 3. The van der Waals surface area contributed by atoms with Gasteiger partial charge in [0.05, 0.1) is 16.3 Å². The first-order chi connectivity index (χ1) is 14.3. The van der Waals surface area contributed by atoms with Crippen LogP contribution in [0.3, 0.4) is 0 Å². The Morgan fingerprint density at radius 2 is 1.80 bits per heavy atom. The maximum atomic E-state index is 13.0. The molecule has 7 nitrogen and oxygen atoms in total. The number of likely N-dealkylation sites (tertiary alicyclic amines) is 1. The number of sulfonamides is 1. The van der Waals surface area contributed by atoms with Gasteiger partial charge < -0.3 is 9.80 Å². The van der Waals surface area contributed by atoms with E-state index in [2.05, 4.69) is 13.8 Å². The lowest BCUT2D eigenvalue weighted by Crippen LogP contribution is -2.49. The van der Waals surface area contributed by atoms with Gasteiger partial charge in [-0.05, 0) is 49.3 Å². The molecule has 1 aromatic carbocycles. The summed E-state index contributed by atoms with van der Waals surface area (Å²) < 4.78 is 27.5. The Balaban J connectivity index is 1.60. The van der Waals surface area contributed by atoms with E-state index in [9.17, 15) is 18.0 Å². The van der Waals surface area contributed by atoms with Crippen LogP contribution in [0, 0.1) is 11.8 Å². The smallest absolute Gasteiger partial charge is 0.243 e. The average molecular weight is 452 g/mol. The number of hydrogen-bond acceptors (Lipinski definition) is 5. The molecular weight excluding hydrogens is 422 g/mol. The zero-order valence-electron chi connectivity index (χ0n) is 17.5. The van der Waals surface area contributed by atoms with Crippen molar-refractivity contribution in [3.8, 4) is 0 Å². The van der Waals surface area contributed by atoms with Crippen molar-refractivity contribution >= 4 is 39.3 Å². The lowest BCUT2D eigenvalue weighted by Gasteiger charge is -2.37. The number of benzene rings is 1. The minimum Gasteiger partial charge on any atom is -0.341 e. The SMILES string of the molecule is CC1CC(C)CN(C(=O)CN2C(=O)CSc3ccc(S(=O)(=O)N4CCCC4)cc32)C1. The number of thioether (sulfide) groups is 1. The van der Waals surface area contributed by atoms with Gasteiger partial charge in [0.1, 0.15) is 6.54 Å². The van der Waals surface area contributed by atoms with Crippen molar-refractivity contribution in [2.45, 2.75) is 42.9 Å². The number of hydrogen-bond donors (Lipinski definition) is 0. The van der Waals surface area contributed by atoms with Crippen LogP contribution >= 0.6 is 11.8 Å². The zero-order valence-corrected chi connectivity index (χ0v) is 19.2. The highest BCUT2D eigenvalue weighted by Crippen LogP contribution is 2.38. The Morgan fingerprint density at radius 1 is 1.13 bits per heavy atom. The lowest BCUT2D eigenvalue weighted by molar-refractivity contribution is -0.133. The fourth-order valence-electron chi connectivity index (χ4n) is 4.70. The highest BCUT2D eigenvalue weighted by molar-refractivity contribution is 8.00. The summed E-state index contributed by atoms with van der Waals surface area (Å²) in [5.41, 5.74) is 0.531. The topological polar surface area (TPSA) is 78.0 Å². The molecule has 2 atom stereocenters. The van der Waals surface area contributed by atoms with Crippen LogP contribution in [0.2, 0.25) is 0 Å². The maximum absolute atomic E-state index is 13.0. The van der Waals surface area contributed by atoms with Gasteiger partial charge in [0.25, 0.3) is 0 Å². The number of fused-ring (bicyclic) bond motifs is 1. The van der Waals surface area contributed by atoms with Gasteiger partial charge in [-0.3, -0.25) is 9.59 Å². The van der Waals surface area contributed by atoms with Crippen molar-refractivity contribution in [3.63, 3.8) is 0 Å². The monoisotopic (exact) mass is 451 g/mol. The zero-order chi connectivity index (χ0) is 21.5. The second-order valence-corrected chi connectivity index (χ2v) is 11.7. The molecule has 0 aromatic heterocycles. The molecule has 9 heteroatoms. The van der Waals surface area contributed by atoms with E-state index in [1.807, 2.05) is 4.90 Å². The van der Waals surface area contributed by atoms with E-state index in [0.29, 0.717) is 43.7 Å². The van der Waals surface area contributed by atoms with Crippen molar-refractivity contribution in [2.75, 3.05) is 43.4 Å². The molecule has 4 rings (SSSR count). The van der Waals surface area contributed by atoms with E-state index < -0.39 is 10.0 Å². The second-order valence-electron chi connectivity index (χ2n) is 8.75.